The normalized spacial score (nSPS) is 11.3. The summed E-state index contributed by atoms with van der Waals surface area (Å²) in [6, 6.07) is 14.1. The van der Waals surface area contributed by atoms with Crippen molar-refractivity contribution in [2.24, 2.45) is 10.2 Å². The second kappa shape index (κ2) is 9.63. The zero-order valence-electron chi connectivity index (χ0n) is 17.2. The highest BCUT2D eigenvalue weighted by Crippen LogP contribution is 2.44. The molecule has 2 aromatic carbocycles. The molecule has 0 saturated carbocycles. The van der Waals surface area contributed by atoms with Crippen LogP contribution in [0.2, 0.25) is 0 Å². The van der Waals surface area contributed by atoms with E-state index in [-0.39, 0.29) is 18.7 Å². The molecule has 8 nitrogen and oxygen atoms in total. The number of aliphatic hydroxyl groups is 1. The molecule has 0 radical (unpaired) electrons. The Kier molecular flexibility index (Phi) is 6.48. The van der Waals surface area contributed by atoms with Gasteiger partial charge in [-0.05, 0) is 36.8 Å². The number of fused-ring (bicyclic) bond motifs is 1. The number of ether oxygens (including phenoxy) is 1. The molecular formula is C23H20N4O4S. The van der Waals surface area contributed by atoms with Gasteiger partial charge in [0.05, 0.1) is 30.8 Å². The van der Waals surface area contributed by atoms with E-state index in [1.54, 1.807) is 12.1 Å². The van der Waals surface area contributed by atoms with Crippen LogP contribution in [0.15, 0.2) is 65.1 Å². The summed E-state index contributed by atoms with van der Waals surface area (Å²) < 4.78 is 6.49. The van der Waals surface area contributed by atoms with Gasteiger partial charge in [0, 0.05) is 16.0 Å². The molecule has 0 unspecified atom stereocenters. The van der Waals surface area contributed by atoms with Gasteiger partial charge in [-0.25, -0.2) is 14.8 Å². The number of aromatic nitrogens is 2. The Morgan fingerprint density at radius 2 is 1.91 bits per heavy atom. The number of aliphatic hydroxyl groups excluding tert-OH is 1. The van der Waals surface area contributed by atoms with Crippen LogP contribution >= 0.6 is 11.3 Å². The summed E-state index contributed by atoms with van der Waals surface area (Å²) >= 11 is 1.44. The van der Waals surface area contributed by atoms with E-state index >= 15 is 0 Å². The Balaban J connectivity index is 1.68. The zero-order chi connectivity index (χ0) is 22.5. The molecule has 162 valence electrons. The molecule has 2 N–H and O–H groups in total. The second-order valence-corrected chi connectivity index (χ2v) is 7.79. The van der Waals surface area contributed by atoms with E-state index in [1.165, 1.54) is 29.8 Å². The van der Waals surface area contributed by atoms with Gasteiger partial charge < -0.3 is 14.9 Å². The summed E-state index contributed by atoms with van der Waals surface area (Å²) in [7, 11) is 0. The minimum absolute atomic E-state index is 0.181. The minimum Gasteiger partial charge on any atom is -0.493 e. The number of carbonyl (C=O) groups is 1. The lowest BCUT2D eigenvalue weighted by atomic mass is 10.1. The van der Waals surface area contributed by atoms with Crippen LogP contribution < -0.4 is 4.74 Å². The van der Waals surface area contributed by atoms with Crippen molar-refractivity contribution in [2.45, 2.75) is 20.1 Å². The van der Waals surface area contributed by atoms with Gasteiger partial charge >= 0.3 is 5.97 Å². The topological polar surface area (TPSA) is 117 Å². The van der Waals surface area contributed by atoms with Crippen LogP contribution in [0.1, 0.15) is 28.4 Å². The van der Waals surface area contributed by atoms with E-state index in [9.17, 15) is 9.90 Å². The molecule has 0 bridgehead atoms. The third-order valence-corrected chi connectivity index (χ3v) is 6.01. The molecule has 2 heterocycles. The summed E-state index contributed by atoms with van der Waals surface area (Å²) in [6.45, 7) is 2.56. The summed E-state index contributed by atoms with van der Waals surface area (Å²) in [5.41, 5.74) is 3.26. The van der Waals surface area contributed by atoms with Gasteiger partial charge in [0.15, 0.2) is 5.82 Å². The maximum Gasteiger partial charge on any atom is 0.335 e. The van der Waals surface area contributed by atoms with Crippen molar-refractivity contribution < 1.29 is 19.7 Å². The minimum atomic E-state index is -0.972. The monoisotopic (exact) mass is 448 g/mol. The quantitative estimate of drug-likeness (QED) is 0.356. The number of hydrogen-bond acceptors (Lipinski definition) is 8. The molecule has 9 heteroatoms. The van der Waals surface area contributed by atoms with Gasteiger partial charge in [0.2, 0.25) is 0 Å². The number of para-hydroxylation sites is 1. The second-order valence-electron chi connectivity index (χ2n) is 6.77. The lowest BCUT2D eigenvalue weighted by Gasteiger charge is -2.09. The molecule has 4 rings (SSSR count). The number of azo groups is 1. The van der Waals surface area contributed by atoms with E-state index in [4.69, 9.17) is 9.84 Å². The van der Waals surface area contributed by atoms with Gasteiger partial charge in [0.1, 0.15) is 16.8 Å². The number of carboxylic acids is 1. The smallest absolute Gasteiger partial charge is 0.335 e. The third kappa shape index (κ3) is 4.34. The first-order valence-corrected chi connectivity index (χ1v) is 10.7. The first kappa shape index (κ1) is 21.5. The van der Waals surface area contributed by atoms with Gasteiger partial charge in [-0.2, -0.15) is 5.11 Å². The van der Waals surface area contributed by atoms with Crippen LogP contribution in [0.4, 0.5) is 5.82 Å². The van der Waals surface area contributed by atoms with Crippen LogP contribution in [0.25, 0.3) is 20.7 Å². The van der Waals surface area contributed by atoms with Gasteiger partial charge in [0.25, 0.3) is 0 Å². The van der Waals surface area contributed by atoms with Crippen molar-refractivity contribution >= 4 is 33.3 Å². The molecule has 0 aliphatic carbocycles. The van der Waals surface area contributed by atoms with Crippen LogP contribution in [0.3, 0.4) is 0 Å². The van der Waals surface area contributed by atoms with Gasteiger partial charge in [-0.3, -0.25) is 0 Å². The largest absolute Gasteiger partial charge is 0.493 e. The standard InChI is InChI=1S/C23H20N4O4S/c1-2-31-18-6-4-3-5-16(18)20-17(12-28)19-21(32-20)22(25-13-24-19)27-26-11-14-7-9-15(10-8-14)23(29)30/h3-10,13,28H,2,11-12H2,1H3,(H,29,30). The molecule has 0 aliphatic rings. The Morgan fingerprint density at radius 1 is 1.12 bits per heavy atom. The molecule has 0 amide bonds. The van der Waals surface area contributed by atoms with E-state index in [2.05, 4.69) is 20.2 Å². The average Bonchev–Trinajstić information content (AvgIpc) is 3.19. The van der Waals surface area contributed by atoms with Crippen LogP contribution in [0.5, 0.6) is 5.75 Å². The lowest BCUT2D eigenvalue weighted by molar-refractivity contribution is 0.0697. The van der Waals surface area contributed by atoms with Crippen molar-refractivity contribution in [1.29, 1.82) is 0 Å². The van der Waals surface area contributed by atoms with Crippen LogP contribution in [-0.2, 0) is 13.2 Å². The highest BCUT2D eigenvalue weighted by molar-refractivity contribution is 7.23. The van der Waals surface area contributed by atoms with Gasteiger partial charge in [-0.1, -0.05) is 24.3 Å². The number of rotatable bonds is 8. The fourth-order valence-electron chi connectivity index (χ4n) is 3.25. The first-order valence-electron chi connectivity index (χ1n) is 9.91. The fraction of sp³-hybridized carbons (Fsp3) is 0.174. The number of benzene rings is 2. The number of carboxylic acid groups (broad SMARTS) is 1. The molecule has 0 saturated heterocycles. The van der Waals surface area contributed by atoms with E-state index in [0.29, 0.717) is 23.5 Å². The Morgan fingerprint density at radius 3 is 2.62 bits per heavy atom. The summed E-state index contributed by atoms with van der Waals surface area (Å²) in [5, 5.41) is 27.6. The molecule has 0 aliphatic heterocycles. The Bertz CT molecular complexity index is 1290. The predicted octanol–water partition coefficient (Wildman–Crippen LogP) is 5.23. The van der Waals surface area contributed by atoms with Crippen molar-refractivity contribution in [3.63, 3.8) is 0 Å². The number of thiophene rings is 1. The van der Waals surface area contributed by atoms with Crippen molar-refractivity contribution in [3.8, 4) is 16.2 Å². The van der Waals surface area contributed by atoms with E-state index in [0.717, 1.165) is 26.5 Å². The summed E-state index contributed by atoms with van der Waals surface area (Å²) in [6.07, 6.45) is 1.41. The van der Waals surface area contributed by atoms with E-state index in [1.807, 2.05) is 31.2 Å². The molecule has 32 heavy (non-hydrogen) atoms. The Labute approximate surface area is 187 Å². The summed E-state index contributed by atoms with van der Waals surface area (Å²) in [4.78, 5) is 20.5. The maximum atomic E-state index is 11.0. The Hall–Kier alpha value is -3.69. The highest BCUT2D eigenvalue weighted by Gasteiger charge is 2.20. The number of hydrogen-bond donors (Lipinski definition) is 2. The number of aromatic carboxylic acids is 1. The molecule has 0 spiro atoms. The first-order chi connectivity index (χ1) is 15.6. The van der Waals surface area contributed by atoms with E-state index < -0.39 is 5.97 Å². The molecule has 2 aromatic heterocycles. The molecule has 4 aromatic rings. The summed E-state index contributed by atoms with van der Waals surface area (Å²) in [5.74, 6) is 0.176. The maximum absolute atomic E-state index is 11.0. The average molecular weight is 449 g/mol. The van der Waals surface area contributed by atoms with Crippen molar-refractivity contribution in [1.82, 2.24) is 9.97 Å². The molecule has 0 atom stereocenters. The van der Waals surface area contributed by atoms with Crippen LogP contribution in [0, 0.1) is 0 Å². The van der Waals surface area contributed by atoms with Gasteiger partial charge in [-0.15, -0.1) is 16.5 Å². The van der Waals surface area contributed by atoms with Crippen LogP contribution in [-0.4, -0.2) is 32.8 Å². The van der Waals surface area contributed by atoms with Crippen molar-refractivity contribution in [2.75, 3.05) is 6.61 Å². The molecular weight excluding hydrogens is 428 g/mol. The fourth-order valence-corrected chi connectivity index (χ4v) is 4.48. The van der Waals surface area contributed by atoms with Crippen molar-refractivity contribution in [3.05, 3.63) is 71.5 Å². The predicted molar refractivity (Wildman–Crippen MR) is 122 cm³/mol. The number of nitrogens with zero attached hydrogens (tertiary/aromatic N) is 4. The molecule has 0 fully saturated rings. The zero-order valence-corrected chi connectivity index (χ0v) is 18.0. The highest BCUT2D eigenvalue weighted by atomic mass is 32.1. The lowest BCUT2D eigenvalue weighted by Crippen LogP contribution is -1.95. The SMILES string of the molecule is CCOc1ccccc1-c1sc2c(N=NCc3ccc(C(=O)O)cc3)ncnc2c1CO. The third-order valence-electron chi connectivity index (χ3n) is 4.76.